The zero-order valence-corrected chi connectivity index (χ0v) is 16.8. The number of aryl methyl sites for hydroxylation is 1. The Hall–Kier alpha value is -3.55. The molecule has 1 saturated heterocycles. The first-order chi connectivity index (χ1) is 14.6. The van der Waals surface area contributed by atoms with Gasteiger partial charge in [-0.3, -0.25) is 4.79 Å². The van der Waals surface area contributed by atoms with Gasteiger partial charge >= 0.3 is 0 Å². The number of pyridine rings is 1. The second kappa shape index (κ2) is 8.86. The van der Waals surface area contributed by atoms with Gasteiger partial charge in [0, 0.05) is 32.4 Å². The summed E-state index contributed by atoms with van der Waals surface area (Å²) in [5.74, 6) is 1.90. The van der Waals surface area contributed by atoms with Crippen molar-refractivity contribution in [3.63, 3.8) is 0 Å². The highest BCUT2D eigenvalue weighted by molar-refractivity contribution is 5.79. The standard InChI is InChI=1S/C22H23FN6O/c1-16-8-9-24-20(14-16)25-19-6-7-21(27-26-19)28-10-12-29(13-11-28)22(30)15-17-2-4-18(23)5-3-17/h2-9,14H,10-13,15H2,1H3,(H,24,25,26). The number of nitrogens with zero attached hydrogens (tertiary/aromatic N) is 5. The summed E-state index contributed by atoms with van der Waals surface area (Å²) in [7, 11) is 0. The molecule has 1 aliphatic rings. The third-order valence-corrected chi connectivity index (χ3v) is 5.05. The smallest absolute Gasteiger partial charge is 0.227 e. The molecule has 0 spiro atoms. The van der Waals surface area contributed by atoms with Crippen molar-refractivity contribution in [2.75, 3.05) is 36.4 Å². The summed E-state index contributed by atoms with van der Waals surface area (Å²) in [6.45, 7) is 4.63. The summed E-state index contributed by atoms with van der Waals surface area (Å²) in [5, 5.41) is 11.7. The number of halogens is 1. The number of aromatic nitrogens is 3. The predicted octanol–water partition coefficient (Wildman–Crippen LogP) is 2.95. The van der Waals surface area contributed by atoms with E-state index in [-0.39, 0.29) is 18.1 Å². The van der Waals surface area contributed by atoms with Crippen LogP contribution in [0.2, 0.25) is 0 Å². The Kier molecular flexibility index (Phi) is 5.83. The van der Waals surface area contributed by atoms with Gasteiger partial charge in [-0.15, -0.1) is 10.2 Å². The average molecular weight is 406 g/mol. The first kappa shape index (κ1) is 19.8. The van der Waals surface area contributed by atoms with Crippen LogP contribution in [0, 0.1) is 12.7 Å². The number of rotatable bonds is 5. The number of carbonyl (C=O) groups is 1. The van der Waals surface area contributed by atoms with Crippen LogP contribution in [0.1, 0.15) is 11.1 Å². The number of hydrogen-bond acceptors (Lipinski definition) is 6. The van der Waals surface area contributed by atoms with E-state index in [0.717, 1.165) is 22.8 Å². The Morgan fingerprint density at radius 1 is 1.00 bits per heavy atom. The molecule has 154 valence electrons. The molecule has 3 heterocycles. The molecule has 30 heavy (non-hydrogen) atoms. The summed E-state index contributed by atoms with van der Waals surface area (Å²) in [5.41, 5.74) is 1.94. The molecule has 8 heteroatoms. The van der Waals surface area contributed by atoms with E-state index < -0.39 is 0 Å². The molecule has 2 aromatic heterocycles. The fourth-order valence-electron chi connectivity index (χ4n) is 3.37. The Balaban J connectivity index is 1.30. The van der Waals surface area contributed by atoms with Crippen molar-refractivity contribution in [1.29, 1.82) is 0 Å². The molecule has 1 amide bonds. The molecular weight excluding hydrogens is 383 g/mol. The van der Waals surface area contributed by atoms with E-state index in [1.165, 1.54) is 12.1 Å². The zero-order chi connectivity index (χ0) is 20.9. The normalized spacial score (nSPS) is 13.9. The quantitative estimate of drug-likeness (QED) is 0.702. The van der Waals surface area contributed by atoms with Crippen molar-refractivity contribution in [1.82, 2.24) is 20.1 Å². The van der Waals surface area contributed by atoms with Gasteiger partial charge in [0.25, 0.3) is 0 Å². The Bertz CT molecular complexity index is 1000. The molecule has 0 unspecified atom stereocenters. The summed E-state index contributed by atoms with van der Waals surface area (Å²) < 4.78 is 13.0. The fourth-order valence-corrected chi connectivity index (χ4v) is 3.37. The third kappa shape index (κ3) is 4.89. The van der Waals surface area contributed by atoms with Crippen LogP contribution in [0.15, 0.2) is 54.7 Å². The average Bonchev–Trinajstić information content (AvgIpc) is 2.76. The highest BCUT2D eigenvalue weighted by atomic mass is 19.1. The summed E-state index contributed by atoms with van der Waals surface area (Å²) >= 11 is 0. The maximum Gasteiger partial charge on any atom is 0.227 e. The SMILES string of the molecule is Cc1ccnc(Nc2ccc(N3CCN(C(=O)Cc4ccc(F)cc4)CC3)nn2)c1. The first-order valence-corrected chi connectivity index (χ1v) is 9.87. The van der Waals surface area contributed by atoms with E-state index in [2.05, 4.69) is 25.4 Å². The predicted molar refractivity (Wildman–Crippen MR) is 113 cm³/mol. The number of piperazine rings is 1. The lowest BCUT2D eigenvalue weighted by Crippen LogP contribution is -2.49. The van der Waals surface area contributed by atoms with Crippen LogP contribution in [0.4, 0.5) is 21.8 Å². The van der Waals surface area contributed by atoms with Crippen LogP contribution >= 0.6 is 0 Å². The Morgan fingerprint density at radius 2 is 1.77 bits per heavy atom. The van der Waals surface area contributed by atoms with Crippen LogP contribution in [-0.2, 0) is 11.2 Å². The van der Waals surface area contributed by atoms with Gasteiger partial charge < -0.3 is 15.1 Å². The second-order valence-corrected chi connectivity index (χ2v) is 7.29. The molecule has 4 rings (SSSR count). The molecule has 0 atom stereocenters. The molecule has 0 aliphatic carbocycles. The number of nitrogens with one attached hydrogen (secondary N) is 1. The van der Waals surface area contributed by atoms with Gasteiger partial charge in [0.2, 0.25) is 5.91 Å². The minimum atomic E-state index is -0.294. The lowest BCUT2D eigenvalue weighted by atomic mass is 10.1. The lowest BCUT2D eigenvalue weighted by molar-refractivity contribution is -0.130. The van der Waals surface area contributed by atoms with Crippen LogP contribution < -0.4 is 10.2 Å². The van der Waals surface area contributed by atoms with Crippen molar-refractivity contribution in [3.05, 3.63) is 71.7 Å². The van der Waals surface area contributed by atoms with Crippen molar-refractivity contribution >= 4 is 23.4 Å². The summed E-state index contributed by atoms with van der Waals surface area (Å²) in [4.78, 5) is 20.7. The highest BCUT2D eigenvalue weighted by Gasteiger charge is 2.22. The third-order valence-electron chi connectivity index (χ3n) is 5.05. The van der Waals surface area contributed by atoms with E-state index in [0.29, 0.717) is 32.0 Å². The molecule has 3 aromatic rings. The molecule has 1 aliphatic heterocycles. The van der Waals surface area contributed by atoms with Crippen molar-refractivity contribution < 1.29 is 9.18 Å². The molecule has 0 saturated carbocycles. The van der Waals surface area contributed by atoms with Crippen molar-refractivity contribution in [2.45, 2.75) is 13.3 Å². The van der Waals surface area contributed by atoms with Crippen molar-refractivity contribution in [3.8, 4) is 0 Å². The second-order valence-electron chi connectivity index (χ2n) is 7.29. The Morgan fingerprint density at radius 3 is 2.43 bits per heavy atom. The first-order valence-electron chi connectivity index (χ1n) is 9.87. The summed E-state index contributed by atoms with van der Waals surface area (Å²) in [6.07, 6.45) is 2.03. The van der Waals surface area contributed by atoms with E-state index in [4.69, 9.17) is 0 Å². The van der Waals surface area contributed by atoms with Crippen LogP contribution in [0.3, 0.4) is 0 Å². The van der Waals surface area contributed by atoms with E-state index in [9.17, 15) is 9.18 Å². The molecular formula is C22H23FN6O. The number of anilines is 3. The van der Waals surface area contributed by atoms with Crippen LogP contribution in [0.5, 0.6) is 0 Å². The van der Waals surface area contributed by atoms with Gasteiger partial charge in [0.15, 0.2) is 11.6 Å². The topological polar surface area (TPSA) is 74.2 Å². The number of amides is 1. The van der Waals surface area contributed by atoms with Crippen LogP contribution in [0.25, 0.3) is 0 Å². The van der Waals surface area contributed by atoms with Gasteiger partial charge in [-0.1, -0.05) is 12.1 Å². The molecule has 0 radical (unpaired) electrons. The number of hydrogen-bond donors (Lipinski definition) is 1. The number of carbonyl (C=O) groups excluding carboxylic acids is 1. The summed E-state index contributed by atoms with van der Waals surface area (Å²) in [6, 6.07) is 13.7. The van der Waals surface area contributed by atoms with E-state index in [1.807, 2.05) is 36.1 Å². The van der Waals surface area contributed by atoms with Gasteiger partial charge in [0.05, 0.1) is 6.42 Å². The monoisotopic (exact) mass is 406 g/mol. The maximum absolute atomic E-state index is 13.0. The lowest BCUT2D eigenvalue weighted by Gasteiger charge is -2.35. The molecule has 1 aromatic carbocycles. The largest absolute Gasteiger partial charge is 0.352 e. The van der Waals surface area contributed by atoms with Gasteiger partial charge in [0.1, 0.15) is 11.6 Å². The molecule has 1 N–H and O–H groups in total. The minimum Gasteiger partial charge on any atom is -0.352 e. The Labute approximate surface area is 174 Å². The van der Waals surface area contributed by atoms with Crippen LogP contribution in [-0.4, -0.2) is 52.2 Å². The number of benzene rings is 1. The highest BCUT2D eigenvalue weighted by Crippen LogP contribution is 2.17. The molecule has 1 fully saturated rings. The van der Waals surface area contributed by atoms with Gasteiger partial charge in [-0.2, -0.15) is 0 Å². The van der Waals surface area contributed by atoms with E-state index in [1.54, 1.807) is 18.3 Å². The van der Waals surface area contributed by atoms with Gasteiger partial charge in [-0.05, 0) is 54.4 Å². The minimum absolute atomic E-state index is 0.0533. The van der Waals surface area contributed by atoms with Crippen molar-refractivity contribution in [2.24, 2.45) is 0 Å². The maximum atomic E-state index is 13.0. The molecule has 7 nitrogen and oxygen atoms in total. The zero-order valence-electron chi connectivity index (χ0n) is 16.8. The fraction of sp³-hybridized carbons (Fsp3) is 0.273. The van der Waals surface area contributed by atoms with Gasteiger partial charge in [-0.25, -0.2) is 9.37 Å². The van der Waals surface area contributed by atoms with E-state index >= 15 is 0 Å². The molecule has 0 bridgehead atoms.